The molecule has 0 radical (unpaired) electrons. The molecule has 2 N–H and O–H groups in total. The van der Waals surface area contributed by atoms with Gasteiger partial charge in [-0.3, -0.25) is 0 Å². The Labute approximate surface area is 64.5 Å². The van der Waals surface area contributed by atoms with Gasteiger partial charge in [0, 0.05) is 0 Å². The van der Waals surface area contributed by atoms with E-state index in [1.54, 1.807) is 0 Å². The number of hydrogen-bond donors (Lipinski definition) is 1. The van der Waals surface area contributed by atoms with E-state index in [4.69, 9.17) is 19.0 Å². The van der Waals surface area contributed by atoms with Gasteiger partial charge in [0.15, 0.2) is 0 Å². The zero-order valence-electron chi connectivity index (χ0n) is 4.53. The average Bonchev–Trinajstić information content (AvgIpc) is 1.87. The summed E-state index contributed by atoms with van der Waals surface area (Å²) in [6.45, 7) is 11.3. The van der Waals surface area contributed by atoms with Crippen LogP contribution in [0, 0.1) is 6.57 Å². The fraction of sp³-hybridized carbons (Fsp3) is 0. The third-order valence-corrected chi connectivity index (χ3v) is 1.28. The first-order valence-corrected chi connectivity index (χ1v) is 3.47. The molecule has 4 heteroatoms. The van der Waals surface area contributed by atoms with E-state index < -0.39 is 0 Å². The molecular formula is C5H4N3W-. The molecule has 0 saturated carbocycles. The van der Waals surface area contributed by atoms with Gasteiger partial charge in [0.2, 0.25) is 0 Å². The molecule has 0 aliphatic rings. The van der Waals surface area contributed by atoms with Crippen LogP contribution in [0.2, 0.25) is 0 Å². The van der Waals surface area contributed by atoms with Crippen LogP contribution in [0.15, 0.2) is 16.9 Å². The summed E-state index contributed by atoms with van der Waals surface area (Å²) >= 11 is 1.06. The standard InChI is InChI=1S/C5H4N3.W/c1-7-4-3-5(6)8-2;/h2-3H,6H2;/q-1;/b5-3-;. The Balaban J connectivity index is 4.16. The number of nitrogens with two attached hydrogens (primary N) is 1. The van der Waals surface area contributed by atoms with Gasteiger partial charge in [-0.05, 0) is 0 Å². The van der Waals surface area contributed by atoms with Crippen LogP contribution in [0.4, 0.5) is 0 Å². The second kappa shape index (κ2) is 4.17. The molecule has 0 aromatic heterocycles. The Bertz CT molecular complexity index is 199. The van der Waals surface area contributed by atoms with Crippen LogP contribution in [-0.2, 0) is 19.4 Å². The van der Waals surface area contributed by atoms with Gasteiger partial charge in [0.25, 0.3) is 0 Å². The Morgan fingerprint density at radius 1 is 1.89 bits per heavy atom. The number of aliphatic imine (C=N–C) groups is 1. The normalized spacial score (nSPS) is 9.89. The van der Waals surface area contributed by atoms with Gasteiger partial charge >= 0.3 is 64.1 Å². The predicted octanol–water partition coefficient (Wildman–Crippen LogP) is -0.0399. The minimum atomic E-state index is 0.191. The van der Waals surface area contributed by atoms with Gasteiger partial charge in [-0.1, -0.05) is 0 Å². The van der Waals surface area contributed by atoms with Crippen molar-refractivity contribution in [3.05, 3.63) is 23.3 Å². The van der Waals surface area contributed by atoms with E-state index in [0.29, 0.717) is 4.02 Å². The Morgan fingerprint density at radius 2 is 2.44 bits per heavy atom. The fourth-order valence-corrected chi connectivity index (χ4v) is 0.630. The molecule has 0 heterocycles. The van der Waals surface area contributed by atoms with E-state index in [9.17, 15) is 0 Å². The van der Waals surface area contributed by atoms with Gasteiger partial charge in [-0.15, -0.1) is 0 Å². The molecule has 0 bridgehead atoms. The molecular weight excluding hydrogens is 286 g/mol. The molecule has 0 aliphatic heterocycles. The van der Waals surface area contributed by atoms with E-state index in [1.165, 1.54) is 6.08 Å². The molecule has 0 saturated heterocycles. The molecule has 0 aromatic rings. The van der Waals surface area contributed by atoms with Crippen molar-refractivity contribution in [3.63, 3.8) is 0 Å². The summed E-state index contributed by atoms with van der Waals surface area (Å²) in [5.41, 5.74) is 5.17. The second-order valence-corrected chi connectivity index (χ2v) is 2.65. The number of nitrogens with zero attached hydrogens (tertiary/aromatic N) is 2. The van der Waals surface area contributed by atoms with Crippen molar-refractivity contribution in [2.45, 2.75) is 0 Å². The van der Waals surface area contributed by atoms with E-state index in [2.05, 4.69) is 9.84 Å². The van der Waals surface area contributed by atoms with Gasteiger partial charge in [-0.2, -0.15) is 0 Å². The van der Waals surface area contributed by atoms with Crippen molar-refractivity contribution >= 4 is 10.7 Å². The average molecular weight is 290 g/mol. The Hall–Kier alpha value is -0.742. The molecule has 0 aliphatic carbocycles. The maximum atomic E-state index is 6.50. The van der Waals surface area contributed by atoms with Crippen LogP contribution in [0.3, 0.4) is 0 Å². The molecule has 0 rings (SSSR count). The summed E-state index contributed by atoms with van der Waals surface area (Å²) in [5.74, 6) is 0.191. The summed E-state index contributed by atoms with van der Waals surface area (Å²) in [6.07, 6.45) is 1.45. The zero-order chi connectivity index (χ0) is 7.28. The first-order chi connectivity index (χ1) is 4.20. The van der Waals surface area contributed by atoms with E-state index in [-0.39, 0.29) is 5.82 Å². The first-order valence-electron chi connectivity index (χ1n) is 2.00. The van der Waals surface area contributed by atoms with Gasteiger partial charge < -0.3 is 0 Å². The molecule has 3 nitrogen and oxygen atoms in total. The summed E-state index contributed by atoms with van der Waals surface area (Å²) in [6, 6.07) is 0. The van der Waals surface area contributed by atoms with Crippen molar-refractivity contribution in [1.82, 2.24) is 0 Å². The molecule has 46 valence electrons. The fourth-order valence-electron chi connectivity index (χ4n) is 0.196. The number of rotatable bonds is 2. The molecule has 9 heavy (non-hydrogen) atoms. The topological polar surface area (TPSA) is 42.7 Å². The molecule has 0 spiro atoms. The molecule has 0 amide bonds. The van der Waals surface area contributed by atoms with E-state index in [0.717, 1.165) is 19.4 Å². The zero-order valence-corrected chi connectivity index (χ0v) is 7.47. The SMILES string of the molecule is [C-]#[N+][C](=[W])/C=C(/N)N=[CH-]. The molecule has 0 aromatic carbocycles. The number of hydrogen-bond acceptors (Lipinski definition) is 2. The predicted molar refractivity (Wildman–Crippen MR) is 32.4 cm³/mol. The Morgan fingerprint density at radius 3 is 2.78 bits per heavy atom. The van der Waals surface area contributed by atoms with Gasteiger partial charge in [0.1, 0.15) is 0 Å². The van der Waals surface area contributed by atoms with Gasteiger partial charge in [-0.25, -0.2) is 0 Å². The van der Waals surface area contributed by atoms with Crippen LogP contribution in [0.25, 0.3) is 4.85 Å². The summed E-state index contributed by atoms with van der Waals surface area (Å²) in [5, 5.41) is 0. The van der Waals surface area contributed by atoms with Crippen LogP contribution in [0.1, 0.15) is 0 Å². The molecule has 0 fully saturated rings. The quantitative estimate of drug-likeness (QED) is 0.563. The van der Waals surface area contributed by atoms with Crippen LogP contribution >= 0.6 is 0 Å². The van der Waals surface area contributed by atoms with Crippen molar-refractivity contribution in [1.29, 1.82) is 0 Å². The summed E-state index contributed by atoms with van der Waals surface area (Å²) < 4.78 is 0.557. The van der Waals surface area contributed by atoms with Crippen LogP contribution in [0.5, 0.6) is 0 Å². The molecule has 0 atom stereocenters. The monoisotopic (exact) mass is 290 g/mol. The van der Waals surface area contributed by atoms with Crippen LogP contribution in [-0.4, -0.2) is 10.7 Å². The van der Waals surface area contributed by atoms with E-state index >= 15 is 0 Å². The summed E-state index contributed by atoms with van der Waals surface area (Å²) in [4.78, 5) is 6.27. The molecule has 0 unspecified atom stereocenters. The summed E-state index contributed by atoms with van der Waals surface area (Å²) in [7, 11) is 0. The first kappa shape index (κ1) is 8.26. The van der Waals surface area contributed by atoms with E-state index in [1.807, 2.05) is 0 Å². The van der Waals surface area contributed by atoms with Gasteiger partial charge in [0.05, 0.1) is 0 Å². The third kappa shape index (κ3) is 3.81. The maximum absolute atomic E-state index is 6.50. The van der Waals surface area contributed by atoms with Crippen molar-refractivity contribution in [2.75, 3.05) is 0 Å². The van der Waals surface area contributed by atoms with Crippen molar-refractivity contribution in [3.8, 4) is 0 Å². The third-order valence-electron chi connectivity index (χ3n) is 0.531. The minimum absolute atomic E-state index is 0.191. The van der Waals surface area contributed by atoms with Crippen molar-refractivity contribution in [2.24, 2.45) is 10.7 Å². The Kier molecular flexibility index (Phi) is 3.82. The van der Waals surface area contributed by atoms with Crippen LogP contribution < -0.4 is 5.73 Å². The second-order valence-electron chi connectivity index (χ2n) is 1.15. The van der Waals surface area contributed by atoms with Crippen molar-refractivity contribution < 1.29 is 19.4 Å².